The summed E-state index contributed by atoms with van der Waals surface area (Å²) in [6.07, 6.45) is 4.94. The molecule has 0 aromatic carbocycles. The van der Waals surface area contributed by atoms with E-state index in [9.17, 15) is 4.79 Å². The molecule has 102 valence electrons. The molecule has 0 aliphatic rings. The van der Waals surface area contributed by atoms with Crippen LogP contribution in [0.2, 0.25) is 0 Å². The SMILES string of the molecule is CCCCCC(C)(C)CNC(=O)C(C)(C)NC. The monoisotopic (exact) mass is 242 g/mol. The van der Waals surface area contributed by atoms with Crippen molar-refractivity contribution in [2.24, 2.45) is 5.41 Å². The van der Waals surface area contributed by atoms with Crippen LogP contribution in [0.1, 0.15) is 60.3 Å². The molecule has 0 unspecified atom stereocenters. The topological polar surface area (TPSA) is 41.1 Å². The minimum absolute atomic E-state index is 0.0727. The van der Waals surface area contributed by atoms with Crippen LogP contribution < -0.4 is 10.6 Å². The van der Waals surface area contributed by atoms with Crippen molar-refractivity contribution in [2.75, 3.05) is 13.6 Å². The Kier molecular flexibility index (Phi) is 6.76. The van der Waals surface area contributed by atoms with Gasteiger partial charge in [-0.15, -0.1) is 0 Å². The summed E-state index contributed by atoms with van der Waals surface area (Å²) in [5, 5.41) is 6.06. The summed E-state index contributed by atoms with van der Waals surface area (Å²) in [7, 11) is 1.81. The van der Waals surface area contributed by atoms with E-state index in [1.165, 1.54) is 25.7 Å². The molecule has 0 rings (SSSR count). The Balaban J connectivity index is 4.04. The minimum Gasteiger partial charge on any atom is -0.354 e. The fourth-order valence-electron chi connectivity index (χ4n) is 1.60. The molecule has 0 saturated heterocycles. The molecule has 1 amide bonds. The average Bonchev–Trinajstić information content (AvgIpc) is 2.26. The summed E-state index contributed by atoms with van der Waals surface area (Å²) in [6, 6.07) is 0. The lowest BCUT2D eigenvalue weighted by molar-refractivity contribution is -0.126. The fourth-order valence-corrected chi connectivity index (χ4v) is 1.60. The van der Waals surface area contributed by atoms with E-state index in [0.29, 0.717) is 0 Å². The summed E-state index contributed by atoms with van der Waals surface area (Å²) in [6.45, 7) is 11.2. The van der Waals surface area contributed by atoms with Gasteiger partial charge in [-0.25, -0.2) is 0 Å². The minimum atomic E-state index is -0.487. The van der Waals surface area contributed by atoms with Crippen LogP contribution in [0.5, 0.6) is 0 Å². The molecular formula is C14H30N2O. The second kappa shape index (κ2) is 7.00. The molecule has 0 heterocycles. The lowest BCUT2D eigenvalue weighted by Crippen LogP contribution is -2.52. The van der Waals surface area contributed by atoms with Gasteiger partial charge in [-0.05, 0) is 32.7 Å². The molecule has 0 aliphatic carbocycles. The lowest BCUT2D eigenvalue weighted by Gasteiger charge is -2.29. The normalized spacial score (nSPS) is 12.6. The van der Waals surface area contributed by atoms with Gasteiger partial charge in [-0.1, -0.05) is 40.0 Å². The summed E-state index contributed by atoms with van der Waals surface area (Å²) in [5.41, 5.74) is -0.297. The number of unbranched alkanes of at least 4 members (excludes halogenated alkanes) is 2. The maximum atomic E-state index is 11.9. The second-order valence-corrected chi connectivity index (χ2v) is 6.18. The number of hydrogen-bond acceptors (Lipinski definition) is 2. The highest BCUT2D eigenvalue weighted by Gasteiger charge is 2.27. The van der Waals surface area contributed by atoms with Crippen molar-refractivity contribution in [3.8, 4) is 0 Å². The first-order valence-corrected chi connectivity index (χ1v) is 6.72. The van der Waals surface area contributed by atoms with Crippen LogP contribution >= 0.6 is 0 Å². The van der Waals surface area contributed by atoms with E-state index in [1.807, 2.05) is 20.9 Å². The Hall–Kier alpha value is -0.570. The third-order valence-electron chi connectivity index (χ3n) is 3.38. The van der Waals surface area contributed by atoms with E-state index in [4.69, 9.17) is 0 Å². The van der Waals surface area contributed by atoms with E-state index < -0.39 is 5.54 Å². The molecule has 3 nitrogen and oxygen atoms in total. The summed E-state index contributed by atoms with van der Waals surface area (Å²) < 4.78 is 0. The molecule has 0 spiro atoms. The predicted octanol–water partition coefficient (Wildman–Crippen LogP) is 2.71. The van der Waals surface area contributed by atoms with Crippen LogP contribution in [0.3, 0.4) is 0 Å². The van der Waals surface area contributed by atoms with Gasteiger partial charge in [0.25, 0.3) is 0 Å². The number of rotatable bonds is 8. The van der Waals surface area contributed by atoms with Gasteiger partial charge in [0.2, 0.25) is 5.91 Å². The second-order valence-electron chi connectivity index (χ2n) is 6.18. The largest absolute Gasteiger partial charge is 0.354 e. The highest BCUT2D eigenvalue weighted by molar-refractivity contribution is 5.85. The number of nitrogens with one attached hydrogen (secondary N) is 2. The van der Waals surface area contributed by atoms with Gasteiger partial charge in [-0.3, -0.25) is 4.79 Å². The van der Waals surface area contributed by atoms with Crippen molar-refractivity contribution in [3.05, 3.63) is 0 Å². The molecule has 0 saturated carbocycles. The van der Waals surface area contributed by atoms with E-state index in [2.05, 4.69) is 31.4 Å². The van der Waals surface area contributed by atoms with E-state index >= 15 is 0 Å². The molecule has 0 aromatic heterocycles. The summed E-state index contributed by atoms with van der Waals surface area (Å²) >= 11 is 0. The number of hydrogen-bond donors (Lipinski definition) is 2. The standard InChI is InChI=1S/C14H30N2O/c1-7-8-9-10-13(2,3)11-16-12(17)14(4,5)15-6/h15H,7-11H2,1-6H3,(H,16,17). The van der Waals surface area contributed by atoms with Crippen LogP contribution in [0.25, 0.3) is 0 Å². The third-order valence-corrected chi connectivity index (χ3v) is 3.38. The van der Waals surface area contributed by atoms with Gasteiger partial charge in [0.05, 0.1) is 5.54 Å². The van der Waals surface area contributed by atoms with Gasteiger partial charge in [0.1, 0.15) is 0 Å². The van der Waals surface area contributed by atoms with Crippen LogP contribution in [0, 0.1) is 5.41 Å². The molecule has 0 aliphatic heterocycles. The molecule has 0 bridgehead atoms. The van der Waals surface area contributed by atoms with Gasteiger partial charge < -0.3 is 10.6 Å². The molecule has 0 radical (unpaired) electrons. The van der Waals surface area contributed by atoms with Crippen molar-refractivity contribution in [2.45, 2.75) is 65.8 Å². The molecule has 2 N–H and O–H groups in total. The highest BCUT2D eigenvalue weighted by Crippen LogP contribution is 2.22. The first kappa shape index (κ1) is 16.4. The molecular weight excluding hydrogens is 212 g/mol. The maximum absolute atomic E-state index is 11.9. The van der Waals surface area contributed by atoms with E-state index in [-0.39, 0.29) is 11.3 Å². The van der Waals surface area contributed by atoms with Crippen LogP contribution in [-0.2, 0) is 4.79 Å². The number of carbonyl (C=O) groups excluding carboxylic acids is 1. The molecule has 0 atom stereocenters. The summed E-state index contributed by atoms with van der Waals surface area (Å²) in [5.74, 6) is 0.0727. The van der Waals surface area contributed by atoms with Crippen molar-refractivity contribution in [3.63, 3.8) is 0 Å². The quantitative estimate of drug-likeness (QED) is 0.643. The number of likely N-dealkylation sites (N-methyl/N-ethyl adjacent to an activating group) is 1. The Morgan fingerprint density at radius 3 is 2.18 bits per heavy atom. The van der Waals surface area contributed by atoms with Crippen molar-refractivity contribution >= 4 is 5.91 Å². The Morgan fingerprint density at radius 1 is 1.12 bits per heavy atom. The van der Waals surface area contributed by atoms with Crippen LogP contribution in [0.15, 0.2) is 0 Å². The third kappa shape index (κ3) is 6.67. The van der Waals surface area contributed by atoms with Gasteiger partial charge in [-0.2, -0.15) is 0 Å². The molecule has 0 aromatic rings. The Bertz CT molecular complexity index is 234. The zero-order valence-electron chi connectivity index (χ0n) is 12.4. The van der Waals surface area contributed by atoms with E-state index in [1.54, 1.807) is 0 Å². The smallest absolute Gasteiger partial charge is 0.239 e. The van der Waals surface area contributed by atoms with Crippen molar-refractivity contribution < 1.29 is 4.79 Å². The van der Waals surface area contributed by atoms with Crippen molar-refractivity contribution in [1.82, 2.24) is 10.6 Å². The Morgan fingerprint density at radius 2 is 1.71 bits per heavy atom. The van der Waals surface area contributed by atoms with Crippen LogP contribution in [-0.4, -0.2) is 25.0 Å². The number of amides is 1. The predicted molar refractivity (Wildman–Crippen MR) is 74.1 cm³/mol. The maximum Gasteiger partial charge on any atom is 0.239 e. The van der Waals surface area contributed by atoms with Gasteiger partial charge >= 0.3 is 0 Å². The lowest BCUT2D eigenvalue weighted by atomic mass is 9.86. The molecule has 3 heteroatoms. The van der Waals surface area contributed by atoms with Gasteiger partial charge in [0.15, 0.2) is 0 Å². The molecule has 17 heavy (non-hydrogen) atoms. The van der Waals surface area contributed by atoms with Gasteiger partial charge in [0, 0.05) is 6.54 Å². The Labute approximate surface area is 107 Å². The highest BCUT2D eigenvalue weighted by atomic mass is 16.2. The summed E-state index contributed by atoms with van der Waals surface area (Å²) in [4.78, 5) is 11.9. The zero-order valence-corrected chi connectivity index (χ0v) is 12.4. The first-order chi connectivity index (χ1) is 7.75. The van der Waals surface area contributed by atoms with E-state index in [0.717, 1.165) is 6.54 Å². The zero-order chi connectivity index (χ0) is 13.5. The average molecular weight is 242 g/mol. The van der Waals surface area contributed by atoms with Crippen LogP contribution in [0.4, 0.5) is 0 Å². The number of carbonyl (C=O) groups is 1. The fraction of sp³-hybridized carbons (Fsp3) is 0.929. The molecule has 0 fully saturated rings. The van der Waals surface area contributed by atoms with Crippen molar-refractivity contribution in [1.29, 1.82) is 0 Å². The first-order valence-electron chi connectivity index (χ1n) is 6.72.